The number of anilines is 3. The Hall–Kier alpha value is -1.56. The molecule has 0 radical (unpaired) electrons. The van der Waals surface area contributed by atoms with Crippen LogP contribution in [-0.2, 0) is 0 Å². The maximum absolute atomic E-state index is 9.54. The largest absolute Gasteiger partial charge is 0.396 e. The molecule has 5 N–H and O–H groups in total. The van der Waals surface area contributed by atoms with E-state index >= 15 is 0 Å². The van der Waals surface area contributed by atoms with E-state index in [9.17, 15) is 5.11 Å². The van der Waals surface area contributed by atoms with Crippen LogP contribution in [0, 0.1) is 5.41 Å². The van der Waals surface area contributed by atoms with E-state index in [4.69, 9.17) is 5.73 Å². The lowest BCUT2D eigenvalue weighted by Crippen LogP contribution is -2.30. The van der Waals surface area contributed by atoms with Crippen LogP contribution >= 0.6 is 0 Å². The number of nitrogens with one attached hydrogen (secondary N) is 2. The average Bonchev–Trinajstić information content (AvgIpc) is 2.85. The summed E-state index contributed by atoms with van der Waals surface area (Å²) < 4.78 is 0. The van der Waals surface area contributed by atoms with Crippen molar-refractivity contribution in [1.82, 2.24) is 9.97 Å². The monoisotopic (exact) mass is 251 g/mol. The summed E-state index contributed by atoms with van der Waals surface area (Å²) in [6, 6.07) is 1.82. The third-order valence-electron chi connectivity index (χ3n) is 3.64. The molecule has 1 saturated carbocycles. The van der Waals surface area contributed by atoms with Crippen molar-refractivity contribution in [2.75, 3.05) is 36.6 Å². The Kier molecular flexibility index (Phi) is 3.86. The molecule has 1 aliphatic rings. The van der Waals surface area contributed by atoms with E-state index in [1.165, 1.54) is 12.8 Å². The number of nitrogen functional groups attached to an aromatic ring is 1. The highest BCUT2D eigenvalue weighted by atomic mass is 16.3. The fourth-order valence-corrected chi connectivity index (χ4v) is 2.48. The van der Waals surface area contributed by atoms with Gasteiger partial charge in [0.25, 0.3) is 0 Å². The molecule has 0 atom stereocenters. The van der Waals surface area contributed by atoms with Crippen LogP contribution in [0.4, 0.5) is 17.6 Å². The first-order valence-corrected chi connectivity index (χ1v) is 6.34. The summed E-state index contributed by atoms with van der Waals surface area (Å²) >= 11 is 0. The van der Waals surface area contributed by atoms with Gasteiger partial charge in [0.15, 0.2) is 0 Å². The van der Waals surface area contributed by atoms with Crippen molar-refractivity contribution in [3.63, 3.8) is 0 Å². The summed E-state index contributed by atoms with van der Waals surface area (Å²) in [5.41, 5.74) is 5.63. The van der Waals surface area contributed by atoms with Crippen molar-refractivity contribution in [1.29, 1.82) is 0 Å². The van der Waals surface area contributed by atoms with Gasteiger partial charge in [-0.05, 0) is 12.8 Å². The van der Waals surface area contributed by atoms with Gasteiger partial charge in [0.1, 0.15) is 11.6 Å². The zero-order chi connectivity index (χ0) is 13.0. The first-order chi connectivity index (χ1) is 8.67. The zero-order valence-corrected chi connectivity index (χ0v) is 10.7. The molecular weight excluding hydrogens is 230 g/mol. The molecule has 0 spiro atoms. The lowest BCUT2D eigenvalue weighted by atomic mass is 9.87. The summed E-state index contributed by atoms with van der Waals surface area (Å²) in [7, 11) is 1.79. The molecule has 0 aliphatic heterocycles. The normalized spacial score (nSPS) is 17.7. The number of aliphatic hydroxyl groups is 1. The molecule has 1 aromatic heterocycles. The van der Waals surface area contributed by atoms with Gasteiger partial charge in [-0.25, -0.2) is 0 Å². The SMILES string of the molecule is CNc1cc(NCC2(CO)CCCC2)nc(N)n1. The van der Waals surface area contributed by atoms with Crippen LogP contribution in [0.1, 0.15) is 25.7 Å². The van der Waals surface area contributed by atoms with Crippen molar-refractivity contribution >= 4 is 17.6 Å². The highest BCUT2D eigenvalue weighted by molar-refractivity contribution is 5.50. The summed E-state index contributed by atoms with van der Waals surface area (Å²) in [5.74, 6) is 1.63. The van der Waals surface area contributed by atoms with E-state index in [1.54, 1.807) is 7.05 Å². The summed E-state index contributed by atoms with van der Waals surface area (Å²) in [5, 5.41) is 15.7. The van der Waals surface area contributed by atoms with Gasteiger partial charge in [-0.3, -0.25) is 0 Å². The van der Waals surface area contributed by atoms with Crippen LogP contribution in [0.15, 0.2) is 6.07 Å². The molecule has 6 heteroatoms. The predicted octanol–water partition coefficient (Wildman–Crippen LogP) is 1.07. The quantitative estimate of drug-likeness (QED) is 0.625. The Labute approximate surface area is 107 Å². The Morgan fingerprint density at radius 3 is 2.61 bits per heavy atom. The molecule has 2 rings (SSSR count). The second-order valence-corrected chi connectivity index (χ2v) is 4.97. The van der Waals surface area contributed by atoms with E-state index in [2.05, 4.69) is 20.6 Å². The Morgan fingerprint density at radius 2 is 2.00 bits per heavy atom. The Bertz CT molecular complexity index is 403. The first-order valence-electron chi connectivity index (χ1n) is 6.34. The van der Waals surface area contributed by atoms with Crippen LogP contribution < -0.4 is 16.4 Å². The molecule has 1 heterocycles. The summed E-state index contributed by atoms with van der Waals surface area (Å²) in [4.78, 5) is 8.18. The molecule has 1 aliphatic carbocycles. The third kappa shape index (κ3) is 2.81. The number of aromatic nitrogens is 2. The Morgan fingerprint density at radius 1 is 1.33 bits per heavy atom. The van der Waals surface area contributed by atoms with Crippen LogP contribution in [0.25, 0.3) is 0 Å². The molecule has 0 amide bonds. The standard InChI is InChI=1S/C12H21N5O/c1-14-9-6-10(17-11(13)16-9)15-7-12(8-18)4-2-3-5-12/h6,18H,2-5,7-8H2,1H3,(H4,13,14,15,16,17). The smallest absolute Gasteiger partial charge is 0.223 e. The molecule has 0 bridgehead atoms. The molecule has 1 fully saturated rings. The van der Waals surface area contributed by atoms with Gasteiger partial charge in [-0.2, -0.15) is 9.97 Å². The number of nitrogens with two attached hydrogens (primary N) is 1. The molecular formula is C12H21N5O. The minimum absolute atomic E-state index is 0.000478. The van der Waals surface area contributed by atoms with E-state index in [0.717, 1.165) is 19.4 Å². The van der Waals surface area contributed by atoms with Gasteiger partial charge >= 0.3 is 0 Å². The van der Waals surface area contributed by atoms with Crippen LogP contribution in [0.3, 0.4) is 0 Å². The summed E-state index contributed by atoms with van der Waals surface area (Å²) in [6.07, 6.45) is 4.51. The fourth-order valence-electron chi connectivity index (χ4n) is 2.48. The van der Waals surface area contributed by atoms with Gasteiger partial charge in [-0.1, -0.05) is 12.8 Å². The van der Waals surface area contributed by atoms with Crippen LogP contribution in [0.5, 0.6) is 0 Å². The fraction of sp³-hybridized carbons (Fsp3) is 0.667. The van der Waals surface area contributed by atoms with Crippen molar-refractivity contribution in [2.24, 2.45) is 5.41 Å². The number of nitrogens with zero attached hydrogens (tertiary/aromatic N) is 2. The second-order valence-electron chi connectivity index (χ2n) is 4.97. The zero-order valence-electron chi connectivity index (χ0n) is 10.7. The van der Waals surface area contributed by atoms with Gasteiger partial charge in [0, 0.05) is 25.1 Å². The minimum Gasteiger partial charge on any atom is -0.396 e. The molecule has 100 valence electrons. The second kappa shape index (κ2) is 5.39. The summed E-state index contributed by atoms with van der Waals surface area (Å²) in [6.45, 7) is 0.947. The van der Waals surface area contributed by atoms with E-state index in [0.29, 0.717) is 11.6 Å². The molecule has 0 saturated heterocycles. The maximum atomic E-state index is 9.54. The molecule has 0 unspecified atom stereocenters. The van der Waals surface area contributed by atoms with Crippen molar-refractivity contribution in [3.05, 3.63) is 6.07 Å². The van der Waals surface area contributed by atoms with Gasteiger partial charge < -0.3 is 21.5 Å². The van der Waals surface area contributed by atoms with Gasteiger partial charge in [0.2, 0.25) is 5.95 Å². The Balaban J connectivity index is 2.03. The topological polar surface area (TPSA) is 96.1 Å². The number of aliphatic hydroxyl groups excluding tert-OH is 1. The average molecular weight is 251 g/mol. The first kappa shape index (κ1) is 12.9. The van der Waals surface area contributed by atoms with Crippen LogP contribution in [-0.4, -0.2) is 35.3 Å². The highest BCUT2D eigenvalue weighted by Gasteiger charge is 2.32. The molecule has 6 nitrogen and oxygen atoms in total. The predicted molar refractivity (Wildman–Crippen MR) is 72.5 cm³/mol. The molecule has 18 heavy (non-hydrogen) atoms. The van der Waals surface area contributed by atoms with Crippen molar-refractivity contribution in [3.8, 4) is 0 Å². The molecule has 1 aromatic rings. The third-order valence-corrected chi connectivity index (χ3v) is 3.64. The van der Waals surface area contributed by atoms with E-state index in [1.807, 2.05) is 6.07 Å². The maximum Gasteiger partial charge on any atom is 0.223 e. The van der Waals surface area contributed by atoms with E-state index in [-0.39, 0.29) is 18.0 Å². The van der Waals surface area contributed by atoms with E-state index < -0.39 is 0 Å². The van der Waals surface area contributed by atoms with Crippen LogP contribution in [0.2, 0.25) is 0 Å². The molecule has 0 aromatic carbocycles. The minimum atomic E-state index is -0.000478. The van der Waals surface area contributed by atoms with Gasteiger partial charge in [-0.15, -0.1) is 0 Å². The highest BCUT2D eigenvalue weighted by Crippen LogP contribution is 2.37. The number of hydrogen-bond donors (Lipinski definition) is 4. The number of hydrogen-bond acceptors (Lipinski definition) is 6. The van der Waals surface area contributed by atoms with Crippen molar-refractivity contribution in [2.45, 2.75) is 25.7 Å². The van der Waals surface area contributed by atoms with Gasteiger partial charge in [0.05, 0.1) is 6.61 Å². The van der Waals surface area contributed by atoms with Crippen molar-refractivity contribution < 1.29 is 5.11 Å². The lowest BCUT2D eigenvalue weighted by Gasteiger charge is -2.26. The lowest BCUT2D eigenvalue weighted by molar-refractivity contribution is 0.142. The number of rotatable bonds is 5.